The summed E-state index contributed by atoms with van der Waals surface area (Å²) in [4.78, 5) is 28.4. The molecule has 2 aromatic carbocycles. The van der Waals surface area contributed by atoms with Crippen molar-refractivity contribution in [3.8, 4) is 0 Å². The van der Waals surface area contributed by atoms with Gasteiger partial charge in [0, 0.05) is 23.1 Å². The number of non-ortho nitro benzene ring substituents is 1. The monoisotopic (exact) mass is 437 g/mol. The zero-order valence-corrected chi connectivity index (χ0v) is 18.0. The van der Waals surface area contributed by atoms with E-state index in [4.69, 9.17) is 10.1 Å². The van der Waals surface area contributed by atoms with Crippen molar-refractivity contribution in [2.45, 2.75) is 38.8 Å². The minimum atomic E-state index is -0.576. The first-order valence-electron chi connectivity index (χ1n) is 10.3. The van der Waals surface area contributed by atoms with Gasteiger partial charge in [-0.05, 0) is 30.2 Å². The molecule has 2 aliphatic heterocycles. The zero-order valence-electron chi connectivity index (χ0n) is 17.2. The maximum atomic E-state index is 13.0. The molecule has 0 fully saturated rings. The van der Waals surface area contributed by atoms with E-state index in [1.54, 1.807) is 17.1 Å². The lowest BCUT2D eigenvalue weighted by Crippen LogP contribution is -2.50. The molecule has 9 heteroatoms. The molecule has 1 amide bonds. The number of nitro benzene ring substituents is 1. The van der Waals surface area contributed by atoms with Gasteiger partial charge in [0.25, 0.3) is 11.6 Å². The molecule has 0 spiro atoms. The van der Waals surface area contributed by atoms with E-state index >= 15 is 0 Å². The van der Waals surface area contributed by atoms with Crippen LogP contribution >= 0.6 is 11.8 Å². The molecule has 0 aliphatic carbocycles. The van der Waals surface area contributed by atoms with Crippen LogP contribution in [0.3, 0.4) is 0 Å². The molecule has 1 atom stereocenters. The van der Waals surface area contributed by atoms with Crippen LogP contribution in [0, 0.1) is 10.1 Å². The van der Waals surface area contributed by atoms with Crippen LogP contribution in [0.2, 0.25) is 0 Å². The van der Waals surface area contributed by atoms with Gasteiger partial charge >= 0.3 is 0 Å². The van der Waals surface area contributed by atoms with Crippen molar-refractivity contribution in [2.75, 3.05) is 5.75 Å². The Labute approximate surface area is 183 Å². The molecule has 1 N–H and O–H groups in total. The number of unbranched alkanes of at least 4 members (excludes halogenated alkanes) is 3. The van der Waals surface area contributed by atoms with Crippen LogP contribution < -0.4 is 15.9 Å². The van der Waals surface area contributed by atoms with Crippen LogP contribution in [-0.2, 0) is 4.79 Å². The zero-order chi connectivity index (χ0) is 21.8. The van der Waals surface area contributed by atoms with E-state index < -0.39 is 11.1 Å². The molecule has 2 aliphatic rings. The van der Waals surface area contributed by atoms with Crippen LogP contribution in [-0.4, -0.2) is 26.8 Å². The van der Waals surface area contributed by atoms with E-state index in [9.17, 15) is 14.9 Å². The van der Waals surface area contributed by atoms with E-state index in [1.807, 2.05) is 24.3 Å². The Morgan fingerprint density at radius 2 is 1.90 bits per heavy atom. The van der Waals surface area contributed by atoms with Crippen molar-refractivity contribution in [2.24, 2.45) is 10.1 Å². The van der Waals surface area contributed by atoms with Crippen LogP contribution in [0.5, 0.6) is 0 Å². The first-order valence-corrected chi connectivity index (χ1v) is 11.3. The van der Waals surface area contributed by atoms with Gasteiger partial charge in [-0.3, -0.25) is 25.2 Å². The quantitative estimate of drug-likeness (QED) is 0.408. The number of rotatable bonds is 7. The van der Waals surface area contributed by atoms with Crippen molar-refractivity contribution in [3.05, 3.63) is 74.8 Å². The van der Waals surface area contributed by atoms with Gasteiger partial charge in [-0.25, -0.2) is 5.01 Å². The van der Waals surface area contributed by atoms with E-state index in [2.05, 4.69) is 12.2 Å². The van der Waals surface area contributed by atoms with Crippen molar-refractivity contribution in [3.63, 3.8) is 0 Å². The number of hydrogen-bond donors (Lipinski definition) is 1. The Hall–Kier alpha value is -3.20. The van der Waals surface area contributed by atoms with Gasteiger partial charge in [0.15, 0.2) is 11.3 Å². The van der Waals surface area contributed by atoms with Crippen LogP contribution in [0.1, 0.15) is 44.3 Å². The molecule has 0 aromatic heterocycles. The summed E-state index contributed by atoms with van der Waals surface area (Å²) in [5.41, 5.74) is 1.17. The summed E-state index contributed by atoms with van der Waals surface area (Å²) in [7, 11) is 0. The van der Waals surface area contributed by atoms with Crippen LogP contribution in [0.25, 0.3) is 5.70 Å². The van der Waals surface area contributed by atoms with E-state index in [-0.39, 0.29) is 11.6 Å². The Morgan fingerprint density at radius 3 is 2.65 bits per heavy atom. The van der Waals surface area contributed by atoms with Crippen molar-refractivity contribution in [1.29, 1.82) is 0 Å². The fourth-order valence-electron chi connectivity index (χ4n) is 3.58. The second kappa shape index (κ2) is 9.30. The number of carbonyl (C=O) groups excluding carboxylic acids is 1. The third-order valence-corrected chi connectivity index (χ3v) is 6.10. The molecule has 2 aromatic rings. The predicted octanol–water partition coefficient (Wildman–Crippen LogP) is 3.05. The molecule has 4 rings (SSSR count). The fourth-order valence-corrected chi connectivity index (χ4v) is 4.43. The maximum Gasteiger partial charge on any atom is 0.276 e. The number of fused-ring (bicyclic) bond motifs is 2. The van der Waals surface area contributed by atoms with Gasteiger partial charge in [-0.1, -0.05) is 56.1 Å². The second-order valence-corrected chi connectivity index (χ2v) is 8.41. The number of thioether (sulfide) groups is 1. The highest BCUT2D eigenvalue weighted by molar-refractivity contribution is 8.13. The third-order valence-electron chi connectivity index (χ3n) is 5.15. The lowest BCUT2D eigenvalue weighted by Gasteiger charge is -2.34. The molecular formula is C22H23N5O3S. The molecule has 2 heterocycles. The average molecular weight is 438 g/mol. The lowest BCUT2D eigenvalue weighted by atomic mass is 10.1. The van der Waals surface area contributed by atoms with Gasteiger partial charge < -0.3 is 0 Å². The number of nitrogens with zero attached hydrogens (tertiary/aromatic N) is 4. The average Bonchev–Trinajstić information content (AvgIpc) is 2.78. The highest BCUT2D eigenvalue weighted by Gasteiger charge is 2.34. The Balaban J connectivity index is 1.70. The minimum absolute atomic E-state index is 0.00683. The second-order valence-electron chi connectivity index (χ2n) is 7.33. The summed E-state index contributed by atoms with van der Waals surface area (Å²) in [5, 5.41) is 22.2. The van der Waals surface area contributed by atoms with Crippen LogP contribution in [0.15, 0.2) is 58.6 Å². The van der Waals surface area contributed by atoms with Gasteiger partial charge in [0.05, 0.1) is 10.3 Å². The molecular weight excluding hydrogens is 414 g/mol. The third kappa shape index (κ3) is 4.46. The highest BCUT2D eigenvalue weighted by Crippen LogP contribution is 2.31. The summed E-state index contributed by atoms with van der Waals surface area (Å²) in [6, 6.07) is 13.7. The predicted molar refractivity (Wildman–Crippen MR) is 120 cm³/mol. The summed E-state index contributed by atoms with van der Waals surface area (Å²) >= 11 is 1.52. The number of nitrogens with one attached hydrogen (secondary N) is 1. The number of hydrogen-bond acceptors (Lipinski definition) is 7. The standard InChI is InChI=1S/C22H23N5O3S/c1-2-3-4-7-14-31-22-24-21(28)19-17-8-5-6-9-18(17)23-20(26(19)25-22)15-10-12-16(13-11-15)27(29)30/h5-6,8-13,20H,2-4,7,14H2,1H3,(H,24,25,28)/t20-/m0/s1. The SMILES string of the molecule is CCCCCCSC1=NN2C(=c3ccccc3=N[C@@H]2c2ccc([N+](=O)[O-])cc2)C(=O)N1. The maximum absolute atomic E-state index is 13.0. The number of carbonyl (C=O) groups is 1. The lowest BCUT2D eigenvalue weighted by molar-refractivity contribution is -0.384. The molecule has 0 saturated carbocycles. The van der Waals surface area contributed by atoms with E-state index in [0.29, 0.717) is 21.4 Å². The summed E-state index contributed by atoms with van der Waals surface area (Å²) in [6.07, 6.45) is 4.00. The Kier molecular flexibility index (Phi) is 6.31. The van der Waals surface area contributed by atoms with Gasteiger partial charge in [0.2, 0.25) is 0 Å². The molecule has 0 bridgehead atoms. The topological polar surface area (TPSA) is 100 Å². The first-order chi connectivity index (χ1) is 15.1. The number of nitro groups is 1. The number of amidine groups is 1. The normalized spacial score (nSPS) is 17.3. The number of amides is 1. The Bertz CT molecular complexity index is 1150. The number of para-hydroxylation sites is 1. The summed E-state index contributed by atoms with van der Waals surface area (Å²) in [6.45, 7) is 2.17. The van der Waals surface area contributed by atoms with Gasteiger partial charge in [-0.15, -0.1) is 5.10 Å². The molecule has 0 saturated heterocycles. The molecule has 31 heavy (non-hydrogen) atoms. The number of benzene rings is 2. The van der Waals surface area contributed by atoms with Gasteiger partial charge in [0.1, 0.15) is 5.70 Å². The first kappa shape index (κ1) is 21.0. The molecule has 0 radical (unpaired) electrons. The van der Waals surface area contributed by atoms with Crippen molar-refractivity contribution < 1.29 is 9.72 Å². The minimum Gasteiger partial charge on any atom is -0.298 e. The smallest absolute Gasteiger partial charge is 0.276 e. The molecule has 0 unspecified atom stereocenters. The Morgan fingerprint density at radius 1 is 1.13 bits per heavy atom. The molecule has 160 valence electrons. The summed E-state index contributed by atoms with van der Waals surface area (Å²) in [5.74, 6) is 0.651. The molecule has 8 nitrogen and oxygen atoms in total. The van der Waals surface area contributed by atoms with Crippen molar-refractivity contribution >= 4 is 34.2 Å². The largest absolute Gasteiger partial charge is 0.298 e. The van der Waals surface area contributed by atoms with E-state index in [1.165, 1.54) is 36.7 Å². The van der Waals surface area contributed by atoms with E-state index in [0.717, 1.165) is 24.2 Å². The van der Waals surface area contributed by atoms with Crippen LogP contribution in [0.4, 0.5) is 5.69 Å². The van der Waals surface area contributed by atoms with Gasteiger partial charge in [-0.2, -0.15) is 0 Å². The highest BCUT2D eigenvalue weighted by atomic mass is 32.2. The summed E-state index contributed by atoms with van der Waals surface area (Å²) < 4.78 is 0. The van der Waals surface area contributed by atoms with Crippen molar-refractivity contribution in [1.82, 2.24) is 10.3 Å². The fraction of sp³-hybridized carbons (Fsp3) is 0.318. The number of hydrazone groups is 1.